The number of aromatic nitrogens is 3. The maximum atomic E-state index is 12.2. The minimum Gasteiger partial charge on any atom is -0.421 e. The number of carbonyl (C=O) groups excluding carboxylic acids is 1. The van der Waals surface area contributed by atoms with Gasteiger partial charge >= 0.3 is 0 Å². The molecule has 3 aromatic rings. The number of amides is 1. The van der Waals surface area contributed by atoms with E-state index in [1.54, 1.807) is 18.5 Å². The van der Waals surface area contributed by atoms with E-state index < -0.39 is 0 Å². The van der Waals surface area contributed by atoms with E-state index in [1.165, 1.54) is 0 Å². The molecule has 7 nitrogen and oxygen atoms in total. The first-order valence-corrected chi connectivity index (χ1v) is 9.07. The molecule has 0 saturated heterocycles. The number of rotatable bonds is 8. The maximum absolute atomic E-state index is 12.2. The second-order valence-corrected chi connectivity index (χ2v) is 6.01. The Morgan fingerprint density at radius 2 is 1.89 bits per heavy atom. The highest BCUT2D eigenvalue weighted by Gasteiger charge is 2.11. The molecule has 140 valence electrons. The Morgan fingerprint density at radius 3 is 2.56 bits per heavy atom. The summed E-state index contributed by atoms with van der Waals surface area (Å²) in [6.07, 6.45) is 3.99. The Labute approximate surface area is 158 Å². The van der Waals surface area contributed by atoms with Crippen molar-refractivity contribution in [1.82, 2.24) is 15.2 Å². The molecular weight excluding hydrogens is 342 g/mol. The first kappa shape index (κ1) is 18.6. The van der Waals surface area contributed by atoms with Crippen molar-refractivity contribution in [2.24, 2.45) is 0 Å². The minimum atomic E-state index is -0.0910. The molecule has 0 saturated carbocycles. The fraction of sp³-hybridized carbons (Fsp3) is 0.300. The van der Waals surface area contributed by atoms with Crippen LogP contribution in [0.15, 0.2) is 53.2 Å². The molecule has 0 atom stereocenters. The average molecular weight is 365 g/mol. The third-order valence-corrected chi connectivity index (χ3v) is 4.22. The first-order valence-electron chi connectivity index (χ1n) is 9.07. The quantitative estimate of drug-likeness (QED) is 0.657. The van der Waals surface area contributed by atoms with Gasteiger partial charge in [0.1, 0.15) is 0 Å². The number of anilines is 2. The lowest BCUT2D eigenvalue weighted by molar-refractivity contribution is -0.116. The molecule has 1 aromatic carbocycles. The summed E-state index contributed by atoms with van der Waals surface area (Å²) in [7, 11) is 0. The molecule has 7 heteroatoms. The summed E-state index contributed by atoms with van der Waals surface area (Å²) in [6, 6.07) is 11.5. The summed E-state index contributed by atoms with van der Waals surface area (Å²) in [5, 5.41) is 10.9. The molecular formula is C20H23N5O2. The van der Waals surface area contributed by atoms with Gasteiger partial charge in [0.05, 0.1) is 5.56 Å². The van der Waals surface area contributed by atoms with E-state index in [1.807, 2.05) is 30.3 Å². The van der Waals surface area contributed by atoms with Gasteiger partial charge in [0.15, 0.2) is 0 Å². The SMILES string of the molecule is CCN(CC)c1ccc(NC(=O)CCc2nnc(-c3cccnc3)o2)cc1. The van der Waals surface area contributed by atoms with Gasteiger partial charge in [0.25, 0.3) is 0 Å². The van der Waals surface area contributed by atoms with Gasteiger partial charge in [-0.2, -0.15) is 0 Å². The van der Waals surface area contributed by atoms with Crippen LogP contribution < -0.4 is 10.2 Å². The van der Waals surface area contributed by atoms with Crippen molar-refractivity contribution in [3.8, 4) is 11.5 Å². The zero-order valence-corrected chi connectivity index (χ0v) is 15.6. The van der Waals surface area contributed by atoms with Crippen LogP contribution in [0.3, 0.4) is 0 Å². The van der Waals surface area contributed by atoms with Gasteiger partial charge in [-0.3, -0.25) is 9.78 Å². The van der Waals surface area contributed by atoms with E-state index in [-0.39, 0.29) is 12.3 Å². The summed E-state index contributed by atoms with van der Waals surface area (Å²) in [6.45, 7) is 6.15. The minimum absolute atomic E-state index is 0.0910. The predicted molar refractivity (Wildman–Crippen MR) is 104 cm³/mol. The second kappa shape index (κ2) is 8.93. The highest BCUT2D eigenvalue weighted by Crippen LogP contribution is 2.19. The predicted octanol–water partition coefficient (Wildman–Crippen LogP) is 3.55. The van der Waals surface area contributed by atoms with Crippen molar-refractivity contribution < 1.29 is 9.21 Å². The molecule has 1 N–H and O–H groups in total. The molecule has 2 aromatic heterocycles. The molecule has 0 spiro atoms. The molecule has 0 radical (unpaired) electrons. The highest BCUT2D eigenvalue weighted by atomic mass is 16.4. The third-order valence-electron chi connectivity index (χ3n) is 4.22. The Kier molecular flexibility index (Phi) is 6.14. The van der Waals surface area contributed by atoms with Crippen LogP contribution in [0.1, 0.15) is 26.2 Å². The summed E-state index contributed by atoms with van der Waals surface area (Å²) in [4.78, 5) is 18.4. The zero-order chi connectivity index (χ0) is 19.1. The van der Waals surface area contributed by atoms with E-state index in [9.17, 15) is 4.79 Å². The monoisotopic (exact) mass is 365 g/mol. The molecule has 27 heavy (non-hydrogen) atoms. The number of benzene rings is 1. The average Bonchev–Trinajstić information content (AvgIpc) is 3.18. The van der Waals surface area contributed by atoms with Crippen molar-refractivity contribution in [2.75, 3.05) is 23.3 Å². The van der Waals surface area contributed by atoms with Crippen molar-refractivity contribution in [3.05, 3.63) is 54.7 Å². The Bertz CT molecular complexity index is 858. The standard InChI is InChI=1S/C20H23N5O2/c1-3-25(4-2)17-9-7-16(8-10-17)22-18(26)11-12-19-23-24-20(27-19)15-6-5-13-21-14-15/h5-10,13-14H,3-4,11-12H2,1-2H3,(H,22,26). The van der Waals surface area contributed by atoms with Gasteiger partial charge < -0.3 is 14.6 Å². The third kappa shape index (κ3) is 4.91. The number of nitrogens with zero attached hydrogens (tertiary/aromatic N) is 4. The van der Waals surface area contributed by atoms with Crippen molar-refractivity contribution >= 4 is 17.3 Å². The van der Waals surface area contributed by atoms with Crippen LogP contribution in [0.25, 0.3) is 11.5 Å². The van der Waals surface area contributed by atoms with Crippen molar-refractivity contribution in [1.29, 1.82) is 0 Å². The zero-order valence-electron chi connectivity index (χ0n) is 15.6. The number of pyridine rings is 1. The number of carbonyl (C=O) groups is 1. The fourth-order valence-corrected chi connectivity index (χ4v) is 2.75. The number of hydrogen-bond donors (Lipinski definition) is 1. The van der Waals surface area contributed by atoms with Crippen LogP contribution in [-0.4, -0.2) is 34.2 Å². The van der Waals surface area contributed by atoms with Gasteiger partial charge in [-0.25, -0.2) is 0 Å². The largest absolute Gasteiger partial charge is 0.421 e. The van der Waals surface area contributed by atoms with Gasteiger partial charge in [-0.1, -0.05) is 0 Å². The molecule has 0 aliphatic heterocycles. The second-order valence-electron chi connectivity index (χ2n) is 6.01. The van der Waals surface area contributed by atoms with Crippen LogP contribution in [0.4, 0.5) is 11.4 Å². The number of nitrogens with one attached hydrogen (secondary N) is 1. The first-order chi connectivity index (χ1) is 13.2. The van der Waals surface area contributed by atoms with E-state index in [0.29, 0.717) is 18.2 Å². The van der Waals surface area contributed by atoms with E-state index in [4.69, 9.17) is 4.42 Å². The van der Waals surface area contributed by atoms with Crippen LogP contribution in [-0.2, 0) is 11.2 Å². The Morgan fingerprint density at radius 1 is 1.11 bits per heavy atom. The van der Waals surface area contributed by atoms with E-state index in [2.05, 4.69) is 39.2 Å². The van der Waals surface area contributed by atoms with E-state index >= 15 is 0 Å². The topological polar surface area (TPSA) is 84.2 Å². The number of hydrogen-bond acceptors (Lipinski definition) is 6. The van der Waals surface area contributed by atoms with Crippen molar-refractivity contribution in [2.45, 2.75) is 26.7 Å². The summed E-state index contributed by atoms with van der Waals surface area (Å²) >= 11 is 0. The summed E-state index contributed by atoms with van der Waals surface area (Å²) in [5.41, 5.74) is 2.68. The van der Waals surface area contributed by atoms with Crippen LogP contribution in [0, 0.1) is 0 Å². The lowest BCUT2D eigenvalue weighted by atomic mass is 10.2. The van der Waals surface area contributed by atoms with Gasteiger partial charge in [0.2, 0.25) is 17.7 Å². The van der Waals surface area contributed by atoms with Gasteiger partial charge in [0, 0.05) is 49.7 Å². The molecule has 2 heterocycles. The van der Waals surface area contributed by atoms with Crippen LogP contribution in [0.2, 0.25) is 0 Å². The molecule has 0 bridgehead atoms. The summed E-state index contributed by atoms with van der Waals surface area (Å²) in [5.74, 6) is 0.748. The maximum Gasteiger partial charge on any atom is 0.249 e. The summed E-state index contributed by atoms with van der Waals surface area (Å²) < 4.78 is 5.59. The molecule has 1 amide bonds. The molecule has 0 fully saturated rings. The lowest BCUT2D eigenvalue weighted by Gasteiger charge is -2.21. The molecule has 0 aliphatic carbocycles. The molecule has 0 aliphatic rings. The molecule has 3 rings (SSSR count). The van der Waals surface area contributed by atoms with Crippen LogP contribution in [0.5, 0.6) is 0 Å². The Balaban J connectivity index is 1.52. The smallest absolute Gasteiger partial charge is 0.249 e. The van der Waals surface area contributed by atoms with Crippen molar-refractivity contribution in [3.63, 3.8) is 0 Å². The lowest BCUT2D eigenvalue weighted by Crippen LogP contribution is -2.21. The Hall–Kier alpha value is -3.22. The highest BCUT2D eigenvalue weighted by molar-refractivity contribution is 5.90. The van der Waals surface area contributed by atoms with E-state index in [0.717, 1.165) is 30.0 Å². The fourth-order valence-electron chi connectivity index (χ4n) is 2.75. The normalized spacial score (nSPS) is 10.6. The van der Waals surface area contributed by atoms with Gasteiger partial charge in [-0.05, 0) is 50.2 Å². The number of aryl methyl sites for hydroxylation is 1. The van der Waals surface area contributed by atoms with Gasteiger partial charge in [-0.15, -0.1) is 10.2 Å². The molecule has 0 unspecified atom stereocenters. The van der Waals surface area contributed by atoms with Crippen LogP contribution >= 0.6 is 0 Å².